The van der Waals surface area contributed by atoms with Crippen LogP contribution in [0.15, 0.2) is 54.7 Å². The number of benzene rings is 2. The number of imidazole rings is 1. The van der Waals surface area contributed by atoms with E-state index in [4.69, 9.17) is 4.74 Å². The Morgan fingerprint density at radius 2 is 1.89 bits per heavy atom. The Morgan fingerprint density at radius 1 is 1.15 bits per heavy atom. The van der Waals surface area contributed by atoms with E-state index in [9.17, 15) is 4.79 Å². The van der Waals surface area contributed by atoms with Crippen molar-refractivity contribution >= 4 is 27.9 Å². The monoisotopic (exact) mass is 378 g/mol. The molecule has 0 bridgehead atoms. The van der Waals surface area contributed by atoms with Crippen molar-refractivity contribution < 1.29 is 9.53 Å². The van der Waals surface area contributed by atoms with Gasteiger partial charge in [-0.2, -0.15) is 5.10 Å². The summed E-state index contributed by atoms with van der Waals surface area (Å²) < 4.78 is 6.94. The molecule has 27 heavy (non-hydrogen) atoms. The van der Waals surface area contributed by atoms with Gasteiger partial charge in [0.25, 0.3) is 0 Å². The molecule has 0 aliphatic heterocycles. The van der Waals surface area contributed by atoms with Crippen LogP contribution in [0.5, 0.6) is 5.75 Å². The van der Waals surface area contributed by atoms with E-state index >= 15 is 0 Å². The lowest BCUT2D eigenvalue weighted by Crippen LogP contribution is -1.99. The number of ketones is 1. The van der Waals surface area contributed by atoms with Crippen molar-refractivity contribution in [3.8, 4) is 16.3 Å². The average Bonchev–Trinajstić information content (AvgIpc) is 3.25. The number of carbonyl (C=O) groups is 1. The summed E-state index contributed by atoms with van der Waals surface area (Å²) >= 11 is 1.51. The summed E-state index contributed by atoms with van der Waals surface area (Å²) in [5.74, 6) is 1.68. The molecule has 0 amide bonds. The van der Waals surface area contributed by atoms with Gasteiger partial charge in [-0.05, 0) is 24.6 Å². The number of rotatable bonds is 6. The Kier molecular flexibility index (Phi) is 4.60. The van der Waals surface area contributed by atoms with Gasteiger partial charge >= 0.3 is 0 Å². The molecule has 2 heterocycles. The zero-order chi connectivity index (χ0) is 18.8. The topological polar surface area (TPSA) is 68.5 Å². The maximum atomic E-state index is 11.4. The van der Waals surface area contributed by atoms with Crippen molar-refractivity contribution in [2.45, 2.75) is 13.5 Å². The van der Waals surface area contributed by atoms with Crippen LogP contribution < -0.4 is 10.1 Å². The maximum absolute atomic E-state index is 11.4. The molecule has 0 fully saturated rings. The van der Waals surface area contributed by atoms with E-state index < -0.39 is 0 Å². The Morgan fingerprint density at radius 3 is 2.52 bits per heavy atom. The normalized spacial score (nSPS) is 10.9. The van der Waals surface area contributed by atoms with Gasteiger partial charge in [0.2, 0.25) is 4.96 Å². The molecule has 6 nitrogen and oxygen atoms in total. The zero-order valence-electron chi connectivity index (χ0n) is 15.0. The largest absolute Gasteiger partial charge is 0.497 e. The maximum Gasteiger partial charge on any atom is 0.214 e. The molecule has 0 spiro atoms. The number of hydrogen-bond acceptors (Lipinski definition) is 6. The first-order valence-corrected chi connectivity index (χ1v) is 9.28. The highest BCUT2D eigenvalue weighted by Gasteiger charge is 2.10. The third-order valence-electron chi connectivity index (χ3n) is 4.21. The van der Waals surface area contributed by atoms with E-state index in [0.717, 1.165) is 32.7 Å². The first-order valence-electron chi connectivity index (χ1n) is 8.47. The van der Waals surface area contributed by atoms with Gasteiger partial charge in [-0.15, -0.1) is 0 Å². The molecule has 0 unspecified atom stereocenters. The van der Waals surface area contributed by atoms with Gasteiger partial charge in [0.1, 0.15) is 16.6 Å². The summed E-state index contributed by atoms with van der Waals surface area (Å²) in [6.07, 6.45) is 1.88. The Labute approximate surface area is 160 Å². The van der Waals surface area contributed by atoms with E-state index in [1.165, 1.54) is 11.3 Å². The van der Waals surface area contributed by atoms with Gasteiger partial charge in [0, 0.05) is 17.7 Å². The predicted molar refractivity (Wildman–Crippen MR) is 107 cm³/mol. The number of anilines is 1. The molecule has 7 heteroatoms. The summed E-state index contributed by atoms with van der Waals surface area (Å²) in [5, 5.41) is 8.77. The van der Waals surface area contributed by atoms with Crippen LogP contribution in [0.4, 0.5) is 5.82 Å². The van der Waals surface area contributed by atoms with Gasteiger partial charge in [-0.3, -0.25) is 4.79 Å². The second kappa shape index (κ2) is 7.20. The molecule has 0 aliphatic rings. The fourth-order valence-corrected chi connectivity index (χ4v) is 3.57. The second-order valence-corrected chi connectivity index (χ2v) is 7.05. The van der Waals surface area contributed by atoms with Gasteiger partial charge in [-0.1, -0.05) is 47.7 Å². The molecular formula is C20H18N4O2S. The van der Waals surface area contributed by atoms with E-state index in [1.54, 1.807) is 18.5 Å². The number of fused-ring (bicyclic) bond motifs is 1. The van der Waals surface area contributed by atoms with Crippen molar-refractivity contribution in [2.24, 2.45) is 0 Å². The lowest BCUT2D eigenvalue weighted by Gasteiger charge is -2.04. The Hall–Kier alpha value is -3.19. The first-order chi connectivity index (χ1) is 13.1. The van der Waals surface area contributed by atoms with Gasteiger partial charge in [0.15, 0.2) is 5.78 Å². The van der Waals surface area contributed by atoms with E-state index in [-0.39, 0.29) is 5.78 Å². The van der Waals surface area contributed by atoms with E-state index in [1.807, 2.05) is 54.7 Å². The number of aromatic nitrogens is 3. The SMILES string of the molecule is COc1ccc(CNc2cn3nc(-c4ccc(C(C)=O)cc4)sc3n2)cc1. The zero-order valence-corrected chi connectivity index (χ0v) is 15.8. The molecule has 4 aromatic rings. The van der Waals surface area contributed by atoms with E-state index in [2.05, 4.69) is 15.4 Å². The van der Waals surface area contributed by atoms with Crippen molar-refractivity contribution in [3.05, 3.63) is 65.9 Å². The van der Waals surface area contributed by atoms with E-state index in [0.29, 0.717) is 12.1 Å². The lowest BCUT2D eigenvalue weighted by molar-refractivity contribution is 0.101. The third kappa shape index (κ3) is 3.68. The number of ether oxygens (including phenoxy) is 1. The highest BCUT2D eigenvalue weighted by atomic mass is 32.1. The van der Waals surface area contributed by atoms with Crippen LogP contribution in [-0.4, -0.2) is 27.5 Å². The quantitative estimate of drug-likeness (QED) is 0.507. The molecule has 0 atom stereocenters. The first kappa shape index (κ1) is 17.2. The second-order valence-electron chi connectivity index (χ2n) is 6.10. The molecule has 0 saturated carbocycles. The summed E-state index contributed by atoms with van der Waals surface area (Å²) in [6.45, 7) is 2.24. The van der Waals surface area contributed by atoms with Crippen LogP contribution >= 0.6 is 11.3 Å². The van der Waals surface area contributed by atoms with Crippen LogP contribution in [0.2, 0.25) is 0 Å². The van der Waals surface area contributed by atoms with Crippen molar-refractivity contribution in [1.29, 1.82) is 0 Å². The van der Waals surface area contributed by atoms with Crippen molar-refractivity contribution in [3.63, 3.8) is 0 Å². The molecular weight excluding hydrogens is 360 g/mol. The molecule has 0 saturated heterocycles. The minimum atomic E-state index is 0.0584. The highest BCUT2D eigenvalue weighted by Crippen LogP contribution is 2.27. The molecule has 2 aromatic carbocycles. The lowest BCUT2D eigenvalue weighted by atomic mass is 10.1. The Bertz CT molecular complexity index is 1050. The van der Waals surface area contributed by atoms with Crippen LogP contribution in [0.3, 0.4) is 0 Å². The number of nitrogens with zero attached hydrogens (tertiary/aromatic N) is 3. The summed E-state index contributed by atoms with van der Waals surface area (Å²) in [6, 6.07) is 15.4. The van der Waals surface area contributed by atoms with Gasteiger partial charge < -0.3 is 10.1 Å². The van der Waals surface area contributed by atoms with Crippen molar-refractivity contribution in [2.75, 3.05) is 12.4 Å². The summed E-state index contributed by atoms with van der Waals surface area (Å²) in [4.78, 5) is 16.8. The molecule has 136 valence electrons. The molecule has 0 radical (unpaired) electrons. The molecule has 0 aliphatic carbocycles. The van der Waals surface area contributed by atoms with Crippen molar-refractivity contribution in [1.82, 2.24) is 14.6 Å². The molecule has 4 rings (SSSR count). The average molecular weight is 378 g/mol. The highest BCUT2D eigenvalue weighted by molar-refractivity contribution is 7.19. The minimum Gasteiger partial charge on any atom is -0.497 e. The van der Waals surface area contributed by atoms with Crippen LogP contribution in [-0.2, 0) is 6.54 Å². The Balaban J connectivity index is 1.47. The number of Topliss-reactive ketones (excluding diaryl/α,β-unsaturated/α-hetero) is 1. The van der Waals surface area contributed by atoms with Crippen LogP contribution in [0, 0.1) is 0 Å². The van der Waals surface area contributed by atoms with Gasteiger partial charge in [-0.25, -0.2) is 9.50 Å². The number of methoxy groups -OCH3 is 1. The number of hydrogen-bond donors (Lipinski definition) is 1. The molecule has 1 N–H and O–H groups in total. The third-order valence-corrected chi connectivity index (χ3v) is 5.19. The standard InChI is InChI=1S/C20H18N4O2S/c1-13(25)15-5-7-16(8-6-15)19-23-24-12-18(22-20(24)27-19)21-11-14-3-9-17(26-2)10-4-14/h3-10,12,21H,11H2,1-2H3. The summed E-state index contributed by atoms with van der Waals surface area (Å²) in [5.41, 5.74) is 2.82. The molecule has 2 aromatic heterocycles. The van der Waals surface area contributed by atoms with Crippen LogP contribution in [0.1, 0.15) is 22.8 Å². The summed E-state index contributed by atoms with van der Waals surface area (Å²) in [7, 11) is 1.66. The fraction of sp³-hybridized carbons (Fsp3) is 0.150. The fourth-order valence-electron chi connectivity index (χ4n) is 2.69. The minimum absolute atomic E-state index is 0.0584. The predicted octanol–water partition coefficient (Wildman–Crippen LogP) is 4.28. The smallest absolute Gasteiger partial charge is 0.214 e. The number of carbonyl (C=O) groups excluding carboxylic acids is 1. The number of nitrogens with one attached hydrogen (secondary N) is 1. The van der Waals surface area contributed by atoms with Gasteiger partial charge in [0.05, 0.1) is 13.3 Å². The van der Waals surface area contributed by atoms with Crippen LogP contribution in [0.25, 0.3) is 15.5 Å².